The van der Waals surface area contributed by atoms with Crippen molar-refractivity contribution >= 4 is 17.9 Å². The molecule has 0 aromatic heterocycles. The molecule has 0 bridgehead atoms. The number of benzene rings is 2. The summed E-state index contributed by atoms with van der Waals surface area (Å²) in [6, 6.07) is 15.2. The van der Waals surface area contributed by atoms with Gasteiger partial charge in [-0.05, 0) is 54.3 Å². The summed E-state index contributed by atoms with van der Waals surface area (Å²) in [4.78, 5) is 16.6. The first-order valence-electron chi connectivity index (χ1n) is 13.2. The predicted molar refractivity (Wildman–Crippen MR) is 143 cm³/mol. The molecule has 0 saturated heterocycles. The highest BCUT2D eigenvalue weighted by atomic mass is 16.5. The normalized spacial score (nSPS) is 12.1. The number of esters is 1. The van der Waals surface area contributed by atoms with Crippen LogP contribution in [0.2, 0.25) is 0 Å². The Hall–Kier alpha value is -2.62. The second-order valence-corrected chi connectivity index (χ2v) is 9.16. The van der Waals surface area contributed by atoms with Gasteiger partial charge in [-0.25, -0.2) is 4.79 Å². The molecule has 0 saturated carbocycles. The summed E-state index contributed by atoms with van der Waals surface area (Å²) in [7, 11) is 0. The van der Waals surface area contributed by atoms with Crippen LogP contribution in [0.15, 0.2) is 53.5 Å². The average Bonchev–Trinajstić information content (AvgIpc) is 2.88. The van der Waals surface area contributed by atoms with E-state index in [4.69, 9.17) is 9.47 Å². The molecule has 0 aliphatic rings. The largest absolute Gasteiger partial charge is 0.494 e. The van der Waals surface area contributed by atoms with Gasteiger partial charge in [0.25, 0.3) is 0 Å². The van der Waals surface area contributed by atoms with E-state index in [1.165, 1.54) is 51.4 Å². The van der Waals surface area contributed by atoms with Crippen molar-refractivity contribution in [2.45, 2.75) is 85.0 Å². The number of unbranched alkanes of at least 4 members (excludes halogenated alkanes) is 8. The summed E-state index contributed by atoms with van der Waals surface area (Å²) in [5.41, 5.74) is 2.37. The van der Waals surface area contributed by atoms with Gasteiger partial charge in [-0.1, -0.05) is 90.7 Å². The van der Waals surface area contributed by atoms with Gasteiger partial charge in [0.05, 0.1) is 24.5 Å². The lowest BCUT2D eigenvalue weighted by Crippen LogP contribution is -2.11. The van der Waals surface area contributed by atoms with Crippen LogP contribution in [0.5, 0.6) is 5.75 Å². The Kier molecular flexibility index (Phi) is 13.7. The smallest absolute Gasteiger partial charge is 0.338 e. The second kappa shape index (κ2) is 16.9. The van der Waals surface area contributed by atoms with Crippen molar-refractivity contribution in [1.82, 2.24) is 0 Å². The number of carbonyl (C=O) groups is 1. The van der Waals surface area contributed by atoms with Crippen molar-refractivity contribution < 1.29 is 14.3 Å². The maximum Gasteiger partial charge on any atom is 0.338 e. The van der Waals surface area contributed by atoms with Crippen molar-refractivity contribution in [3.8, 4) is 5.75 Å². The van der Waals surface area contributed by atoms with Crippen LogP contribution in [0.4, 0.5) is 5.69 Å². The molecule has 34 heavy (non-hydrogen) atoms. The molecule has 2 aromatic rings. The fourth-order valence-corrected chi connectivity index (χ4v) is 3.50. The topological polar surface area (TPSA) is 47.9 Å². The highest BCUT2D eigenvalue weighted by Crippen LogP contribution is 2.19. The summed E-state index contributed by atoms with van der Waals surface area (Å²) >= 11 is 0. The second-order valence-electron chi connectivity index (χ2n) is 9.16. The summed E-state index contributed by atoms with van der Waals surface area (Å²) in [6.07, 6.45) is 14.6. The third-order valence-electron chi connectivity index (χ3n) is 6.06. The molecule has 1 atom stereocenters. The van der Waals surface area contributed by atoms with Gasteiger partial charge < -0.3 is 9.47 Å². The molecule has 4 heteroatoms. The maximum atomic E-state index is 12.1. The van der Waals surface area contributed by atoms with Crippen LogP contribution in [0.3, 0.4) is 0 Å². The quantitative estimate of drug-likeness (QED) is 0.134. The Bertz CT molecular complexity index is 827. The number of hydrogen-bond donors (Lipinski definition) is 0. The lowest BCUT2D eigenvalue weighted by atomic mass is 10.1. The van der Waals surface area contributed by atoms with Crippen LogP contribution in [-0.2, 0) is 4.74 Å². The molecule has 0 fully saturated rings. The van der Waals surface area contributed by atoms with E-state index in [2.05, 4.69) is 25.8 Å². The highest BCUT2D eigenvalue weighted by Gasteiger charge is 2.08. The fourth-order valence-electron chi connectivity index (χ4n) is 3.50. The van der Waals surface area contributed by atoms with Crippen LogP contribution in [-0.4, -0.2) is 25.4 Å². The lowest BCUT2D eigenvalue weighted by molar-refractivity contribution is 0.0447. The zero-order chi connectivity index (χ0) is 24.4. The molecule has 0 aliphatic carbocycles. The summed E-state index contributed by atoms with van der Waals surface area (Å²) in [6.45, 7) is 7.65. The number of ether oxygens (including phenoxy) is 2. The van der Waals surface area contributed by atoms with E-state index in [0.717, 1.165) is 36.4 Å². The van der Waals surface area contributed by atoms with Crippen molar-refractivity contribution in [3.05, 3.63) is 59.7 Å². The first-order valence-corrected chi connectivity index (χ1v) is 13.2. The van der Waals surface area contributed by atoms with Crippen LogP contribution in [0, 0.1) is 5.92 Å². The molecule has 0 radical (unpaired) electrons. The van der Waals surface area contributed by atoms with E-state index in [9.17, 15) is 4.79 Å². The number of hydrogen-bond acceptors (Lipinski definition) is 4. The van der Waals surface area contributed by atoms with Crippen molar-refractivity contribution in [3.63, 3.8) is 0 Å². The maximum absolute atomic E-state index is 12.1. The molecule has 0 heterocycles. The average molecular weight is 466 g/mol. The van der Waals surface area contributed by atoms with Crippen LogP contribution in [0.1, 0.15) is 101 Å². The van der Waals surface area contributed by atoms with E-state index < -0.39 is 0 Å². The minimum Gasteiger partial charge on any atom is -0.494 e. The van der Waals surface area contributed by atoms with Crippen LogP contribution < -0.4 is 4.74 Å². The minimum atomic E-state index is -0.276. The lowest BCUT2D eigenvalue weighted by Gasteiger charge is -2.09. The number of aliphatic imine (C=N–C) groups is 1. The van der Waals surface area contributed by atoms with Gasteiger partial charge in [-0.2, -0.15) is 0 Å². The Morgan fingerprint density at radius 3 is 2.09 bits per heavy atom. The molecule has 2 aromatic carbocycles. The predicted octanol–water partition coefficient (Wildman–Crippen LogP) is 8.55. The Morgan fingerprint density at radius 1 is 0.853 bits per heavy atom. The van der Waals surface area contributed by atoms with Gasteiger partial charge in [-0.15, -0.1) is 0 Å². The molecule has 0 N–H and O–H groups in total. The van der Waals surface area contributed by atoms with Crippen molar-refractivity contribution in [2.24, 2.45) is 10.9 Å². The van der Waals surface area contributed by atoms with Gasteiger partial charge in [0, 0.05) is 6.21 Å². The van der Waals surface area contributed by atoms with Gasteiger partial charge in [0.1, 0.15) is 5.75 Å². The molecule has 0 spiro atoms. The Balaban J connectivity index is 1.66. The number of carbonyl (C=O) groups excluding carboxylic acids is 1. The first-order chi connectivity index (χ1) is 16.6. The molecular formula is C30H43NO3. The summed E-state index contributed by atoms with van der Waals surface area (Å²) < 4.78 is 11.2. The first kappa shape index (κ1) is 27.6. The van der Waals surface area contributed by atoms with Crippen molar-refractivity contribution in [1.29, 1.82) is 0 Å². The van der Waals surface area contributed by atoms with E-state index in [0.29, 0.717) is 18.1 Å². The van der Waals surface area contributed by atoms with Gasteiger partial charge in [-0.3, -0.25) is 4.99 Å². The van der Waals surface area contributed by atoms with Crippen molar-refractivity contribution in [2.75, 3.05) is 13.2 Å². The highest BCUT2D eigenvalue weighted by molar-refractivity contribution is 5.91. The molecule has 0 amide bonds. The summed E-state index contributed by atoms with van der Waals surface area (Å²) in [5.74, 6) is 0.989. The van der Waals surface area contributed by atoms with Crippen LogP contribution >= 0.6 is 0 Å². The third kappa shape index (κ3) is 11.5. The SMILES string of the molecule is CCCCCCCCCCCOc1ccc(N=Cc2ccc(C(=O)OCC(C)CC)cc2)cc1. The van der Waals surface area contributed by atoms with E-state index in [-0.39, 0.29) is 5.97 Å². The Morgan fingerprint density at radius 2 is 1.47 bits per heavy atom. The van der Waals surface area contributed by atoms with E-state index >= 15 is 0 Å². The fraction of sp³-hybridized carbons (Fsp3) is 0.533. The van der Waals surface area contributed by atoms with Gasteiger partial charge in [0.2, 0.25) is 0 Å². The minimum absolute atomic E-state index is 0.276. The zero-order valence-electron chi connectivity index (χ0n) is 21.4. The number of rotatable bonds is 17. The zero-order valence-corrected chi connectivity index (χ0v) is 21.4. The summed E-state index contributed by atoms with van der Waals surface area (Å²) in [5, 5.41) is 0. The molecular weight excluding hydrogens is 422 g/mol. The Labute approximate surface area is 206 Å². The van der Waals surface area contributed by atoms with E-state index in [1.54, 1.807) is 18.3 Å². The van der Waals surface area contributed by atoms with E-state index in [1.807, 2.05) is 36.4 Å². The molecule has 2 rings (SSSR count). The monoisotopic (exact) mass is 465 g/mol. The van der Waals surface area contributed by atoms with Gasteiger partial charge in [0.15, 0.2) is 0 Å². The number of nitrogens with zero attached hydrogens (tertiary/aromatic N) is 1. The molecule has 1 unspecified atom stereocenters. The molecule has 0 aliphatic heterocycles. The van der Waals surface area contributed by atoms with Gasteiger partial charge >= 0.3 is 5.97 Å². The third-order valence-corrected chi connectivity index (χ3v) is 6.06. The van der Waals surface area contributed by atoms with Crippen LogP contribution in [0.25, 0.3) is 0 Å². The standard InChI is InChI=1S/C30H43NO3/c1-4-6-7-8-9-10-11-12-13-22-33-29-20-18-28(19-21-29)31-23-26-14-16-27(17-15-26)30(32)34-24-25(3)5-2/h14-21,23,25H,4-13,22,24H2,1-3H3. The molecule has 4 nitrogen and oxygen atoms in total. The molecule has 186 valence electrons.